The van der Waals surface area contributed by atoms with Gasteiger partial charge < -0.3 is 25.3 Å². The molecule has 0 saturated carbocycles. The maximum Gasteiger partial charge on any atom is 0.193 e. The molecule has 140 valence electrons. The van der Waals surface area contributed by atoms with Crippen molar-refractivity contribution in [2.45, 2.75) is 20.4 Å². The molecule has 0 spiro atoms. The van der Waals surface area contributed by atoms with Crippen LogP contribution in [0.5, 0.6) is 17.2 Å². The molecule has 0 radical (unpaired) electrons. The van der Waals surface area contributed by atoms with Gasteiger partial charge in [0.1, 0.15) is 5.75 Å². The van der Waals surface area contributed by atoms with E-state index in [1.807, 2.05) is 36.4 Å². The van der Waals surface area contributed by atoms with Crippen LogP contribution in [0.25, 0.3) is 0 Å². The van der Waals surface area contributed by atoms with Crippen molar-refractivity contribution in [2.75, 3.05) is 26.1 Å². The topological polar surface area (TPSA) is 78.1 Å². The molecule has 0 fully saturated rings. The van der Waals surface area contributed by atoms with Crippen molar-refractivity contribution in [1.29, 1.82) is 0 Å². The molecule has 0 aliphatic carbocycles. The fraction of sp³-hybridized carbons (Fsp3) is 0.350. The molecule has 0 aliphatic rings. The Hall–Kier alpha value is -2.89. The van der Waals surface area contributed by atoms with Gasteiger partial charge in [-0.2, -0.15) is 0 Å². The molecule has 0 amide bonds. The van der Waals surface area contributed by atoms with Crippen LogP contribution in [-0.2, 0) is 6.54 Å². The maximum atomic E-state index is 6.01. The van der Waals surface area contributed by atoms with E-state index in [0.717, 1.165) is 17.0 Å². The summed E-state index contributed by atoms with van der Waals surface area (Å²) >= 11 is 0. The standard InChI is InChI=1S/C20H27N3O3/c1-14(2)13-26-17-8-6-5-7-15(17)12-22-20(21)23-16-9-10-18(24-3)19(11-16)25-4/h5-11,14H,12-13H2,1-4H3,(H3,21,22,23). The van der Waals surface area contributed by atoms with E-state index in [1.165, 1.54) is 0 Å². The molecule has 2 aromatic carbocycles. The van der Waals surface area contributed by atoms with Crippen molar-refractivity contribution in [2.24, 2.45) is 16.6 Å². The molecule has 3 N–H and O–H groups in total. The van der Waals surface area contributed by atoms with Gasteiger partial charge in [-0.25, -0.2) is 4.99 Å². The first-order chi connectivity index (χ1) is 12.5. The van der Waals surface area contributed by atoms with Crippen molar-refractivity contribution in [3.63, 3.8) is 0 Å². The summed E-state index contributed by atoms with van der Waals surface area (Å²) in [5, 5.41) is 3.06. The number of hydrogen-bond donors (Lipinski definition) is 2. The molecule has 6 heteroatoms. The number of aliphatic imine (C=N–C) groups is 1. The summed E-state index contributed by atoms with van der Waals surface area (Å²) in [5.41, 5.74) is 7.78. The Balaban J connectivity index is 2.05. The third kappa shape index (κ3) is 5.58. The summed E-state index contributed by atoms with van der Waals surface area (Å²) in [5.74, 6) is 2.89. The van der Waals surface area contributed by atoms with Gasteiger partial charge in [0, 0.05) is 17.3 Å². The van der Waals surface area contributed by atoms with Gasteiger partial charge in [0.2, 0.25) is 0 Å². The van der Waals surface area contributed by atoms with Crippen LogP contribution in [0, 0.1) is 5.92 Å². The number of para-hydroxylation sites is 1. The maximum absolute atomic E-state index is 6.01. The van der Waals surface area contributed by atoms with E-state index >= 15 is 0 Å². The van der Waals surface area contributed by atoms with Gasteiger partial charge in [-0.1, -0.05) is 32.0 Å². The van der Waals surface area contributed by atoms with Crippen molar-refractivity contribution in [3.8, 4) is 17.2 Å². The fourth-order valence-corrected chi connectivity index (χ4v) is 2.30. The van der Waals surface area contributed by atoms with Crippen molar-refractivity contribution in [1.82, 2.24) is 0 Å². The number of benzene rings is 2. The number of nitrogens with two attached hydrogens (primary N) is 1. The van der Waals surface area contributed by atoms with E-state index < -0.39 is 0 Å². The van der Waals surface area contributed by atoms with E-state index in [0.29, 0.717) is 36.5 Å². The van der Waals surface area contributed by atoms with E-state index in [9.17, 15) is 0 Å². The molecule has 2 rings (SSSR count). The van der Waals surface area contributed by atoms with Crippen LogP contribution in [0.1, 0.15) is 19.4 Å². The van der Waals surface area contributed by atoms with Crippen molar-refractivity contribution < 1.29 is 14.2 Å². The van der Waals surface area contributed by atoms with Gasteiger partial charge >= 0.3 is 0 Å². The average Bonchev–Trinajstić information content (AvgIpc) is 2.65. The summed E-state index contributed by atoms with van der Waals surface area (Å²) in [4.78, 5) is 4.41. The number of guanidine groups is 1. The lowest BCUT2D eigenvalue weighted by Gasteiger charge is -2.13. The molecular weight excluding hydrogens is 330 g/mol. The first-order valence-electron chi connectivity index (χ1n) is 8.53. The largest absolute Gasteiger partial charge is 0.493 e. The second-order valence-electron chi connectivity index (χ2n) is 6.21. The zero-order valence-electron chi connectivity index (χ0n) is 15.8. The lowest BCUT2D eigenvalue weighted by atomic mass is 10.2. The van der Waals surface area contributed by atoms with E-state index in [1.54, 1.807) is 20.3 Å². The molecule has 6 nitrogen and oxygen atoms in total. The van der Waals surface area contributed by atoms with Gasteiger partial charge in [0.05, 0.1) is 27.4 Å². The van der Waals surface area contributed by atoms with Gasteiger partial charge in [-0.15, -0.1) is 0 Å². The van der Waals surface area contributed by atoms with Crippen LogP contribution in [0.4, 0.5) is 5.69 Å². The first kappa shape index (κ1) is 19.4. The van der Waals surface area contributed by atoms with E-state index in [2.05, 4.69) is 24.2 Å². The van der Waals surface area contributed by atoms with Gasteiger partial charge in [-0.05, 0) is 24.1 Å². The Bertz CT molecular complexity index is 745. The number of hydrogen-bond acceptors (Lipinski definition) is 4. The predicted molar refractivity (Wildman–Crippen MR) is 105 cm³/mol. The monoisotopic (exact) mass is 357 g/mol. The Morgan fingerprint density at radius 2 is 1.77 bits per heavy atom. The molecular formula is C20H27N3O3. The van der Waals surface area contributed by atoms with Gasteiger partial charge in [-0.3, -0.25) is 0 Å². The average molecular weight is 357 g/mol. The minimum Gasteiger partial charge on any atom is -0.493 e. The molecule has 0 aromatic heterocycles. The van der Waals surface area contributed by atoms with Crippen LogP contribution in [0.2, 0.25) is 0 Å². The number of rotatable bonds is 8. The summed E-state index contributed by atoms with van der Waals surface area (Å²) in [6, 6.07) is 13.3. The van der Waals surface area contributed by atoms with Crippen molar-refractivity contribution >= 4 is 11.6 Å². The lowest BCUT2D eigenvalue weighted by molar-refractivity contribution is 0.268. The SMILES string of the molecule is COc1ccc(NC(N)=NCc2ccccc2OCC(C)C)cc1OC. The fourth-order valence-electron chi connectivity index (χ4n) is 2.30. The molecule has 0 heterocycles. The Labute approximate surface area is 155 Å². The van der Waals surface area contributed by atoms with Crippen LogP contribution >= 0.6 is 0 Å². The Kier molecular flexibility index (Phi) is 7.14. The summed E-state index contributed by atoms with van der Waals surface area (Å²) in [6.45, 7) is 5.33. The quantitative estimate of drug-likeness (QED) is 0.557. The summed E-state index contributed by atoms with van der Waals surface area (Å²) in [7, 11) is 3.19. The van der Waals surface area contributed by atoms with E-state index in [-0.39, 0.29) is 0 Å². The number of methoxy groups -OCH3 is 2. The molecule has 0 aliphatic heterocycles. The van der Waals surface area contributed by atoms with Crippen molar-refractivity contribution in [3.05, 3.63) is 48.0 Å². The van der Waals surface area contributed by atoms with Gasteiger partial charge in [0.15, 0.2) is 17.5 Å². The summed E-state index contributed by atoms with van der Waals surface area (Å²) in [6.07, 6.45) is 0. The number of anilines is 1. The van der Waals surface area contributed by atoms with Crippen LogP contribution in [0.15, 0.2) is 47.5 Å². The minimum absolute atomic E-state index is 0.316. The highest BCUT2D eigenvalue weighted by atomic mass is 16.5. The zero-order valence-corrected chi connectivity index (χ0v) is 15.8. The number of ether oxygens (including phenoxy) is 3. The van der Waals surface area contributed by atoms with Crippen LogP contribution in [-0.4, -0.2) is 26.8 Å². The summed E-state index contributed by atoms with van der Waals surface area (Å²) < 4.78 is 16.4. The van der Waals surface area contributed by atoms with Crippen LogP contribution < -0.4 is 25.3 Å². The third-order valence-electron chi connectivity index (χ3n) is 3.62. The third-order valence-corrected chi connectivity index (χ3v) is 3.62. The Morgan fingerprint density at radius 3 is 2.46 bits per heavy atom. The Morgan fingerprint density at radius 1 is 1.04 bits per heavy atom. The lowest BCUT2D eigenvalue weighted by Crippen LogP contribution is -2.22. The molecule has 0 unspecified atom stereocenters. The molecule has 0 atom stereocenters. The highest BCUT2D eigenvalue weighted by Crippen LogP contribution is 2.29. The zero-order chi connectivity index (χ0) is 18.9. The number of nitrogens with one attached hydrogen (secondary N) is 1. The minimum atomic E-state index is 0.316. The van der Waals surface area contributed by atoms with Crippen LogP contribution in [0.3, 0.4) is 0 Å². The highest BCUT2D eigenvalue weighted by molar-refractivity contribution is 5.92. The normalized spacial score (nSPS) is 11.3. The molecule has 0 bridgehead atoms. The number of nitrogens with zero attached hydrogens (tertiary/aromatic N) is 1. The smallest absolute Gasteiger partial charge is 0.193 e. The molecule has 26 heavy (non-hydrogen) atoms. The molecule has 0 saturated heterocycles. The predicted octanol–water partition coefficient (Wildman–Crippen LogP) is 3.67. The second-order valence-corrected chi connectivity index (χ2v) is 6.21. The van der Waals surface area contributed by atoms with Gasteiger partial charge in [0.25, 0.3) is 0 Å². The van der Waals surface area contributed by atoms with E-state index in [4.69, 9.17) is 19.9 Å². The first-order valence-corrected chi connectivity index (χ1v) is 8.53. The second kappa shape index (κ2) is 9.56. The highest BCUT2D eigenvalue weighted by Gasteiger charge is 2.06. The molecule has 2 aromatic rings.